The van der Waals surface area contributed by atoms with E-state index in [4.69, 9.17) is 0 Å². The summed E-state index contributed by atoms with van der Waals surface area (Å²) < 4.78 is 0. The Morgan fingerprint density at radius 2 is 1.48 bits per heavy atom. The molecule has 8 atom stereocenters. The molecule has 0 amide bonds. The van der Waals surface area contributed by atoms with Crippen molar-refractivity contribution in [2.24, 2.45) is 46.8 Å². The van der Waals surface area contributed by atoms with Gasteiger partial charge in [-0.15, -0.1) is 0 Å². The van der Waals surface area contributed by atoms with E-state index < -0.39 is 0 Å². The zero-order valence-corrected chi connectivity index (χ0v) is 19.5. The highest BCUT2D eigenvalue weighted by Gasteiger charge is 2.52. The van der Waals surface area contributed by atoms with Crippen LogP contribution < -0.4 is 0 Å². The molecule has 0 aromatic carbocycles. The quantitative estimate of drug-likeness (QED) is 0.395. The summed E-state index contributed by atoms with van der Waals surface area (Å²) in [5, 5.41) is 10.1. The third-order valence-electron chi connectivity index (χ3n) is 10.4. The van der Waals surface area contributed by atoms with E-state index in [9.17, 15) is 5.26 Å². The number of hydrogen-bond donors (Lipinski definition) is 0. The number of nitriles is 1. The molecule has 4 rings (SSSR count). The fraction of sp³-hybridized carbons (Fsp3) is 0.964. The van der Waals surface area contributed by atoms with E-state index in [1.807, 2.05) is 0 Å². The van der Waals surface area contributed by atoms with E-state index in [0.717, 1.165) is 41.4 Å². The first-order valence-electron chi connectivity index (χ1n) is 13.6. The van der Waals surface area contributed by atoms with Gasteiger partial charge in [-0.25, -0.2) is 0 Å². The Morgan fingerprint density at radius 1 is 0.759 bits per heavy atom. The number of unbranched alkanes of at least 4 members (excludes halogenated alkanes) is 4. The summed E-state index contributed by atoms with van der Waals surface area (Å²) in [6, 6.07) is 2.87. The van der Waals surface area contributed by atoms with Gasteiger partial charge < -0.3 is 0 Å². The summed E-state index contributed by atoms with van der Waals surface area (Å²) >= 11 is 0. The molecule has 1 nitrogen and oxygen atoms in total. The molecule has 4 saturated carbocycles. The minimum atomic E-state index is 0.0373. The highest BCUT2D eigenvalue weighted by Crippen LogP contribution is 2.60. The maximum atomic E-state index is 10.1. The standard InChI is InChI=1S/C28H47N/c1-3-5-6-7-8-17-28(20-29)18-16-24-22(19-28)12-13-27-25-11-9-10-21(4-2)23(25)14-15-26(24)27/h21-27H,3-19H2,1-2H3/t21-,22?,23?,24?,25?,26?,27?,28-/m1/s1. The number of nitrogens with zero attached hydrogens (tertiary/aromatic N) is 1. The smallest absolute Gasteiger partial charge is 0.0689 e. The molecule has 0 aromatic heterocycles. The van der Waals surface area contributed by atoms with Gasteiger partial charge in [0.25, 0.3) is 0 Å². The maximum Gasteiger partial charge on any atom is 0.0689 e. The Morgan fingerprint density at radius 3 is 2.28 bits per heavy atom. The molecule has 4 fully saturated rings. The fourth-order valence-electron chi connectivity index (χ4n) is 8.93. The molecule has 0 aromatic rings. The van der Waals surface area contributed by atoms with Gasteiger partial charge in [-0.2, -0.15) is 5.26 Å². The molecule has 0 radical (unpaired) electrons. The number of rotatable bonds is 7. The van der Waals surface area contributed by atoms with Crippen LogP contribution >= 0.6 is 0 Å². The Hall–Kier alpha value is -0.510. The van der Waals surface area contributed by atoms with Crippen LogP contribution in [0.4, 0.5) is 0 Å². The van der Waals surface area contributed by atoms with Gasteiger partial charge in [0.15, 0.2) is 0 Å². The van der Waals surface area contributed by atoms with Crippen molar-refractivity contribution < 1.29 is 0 Å². The Kier molecular flexibility index (Phi) is 7.30. The van der Waals surface area contributed by atoms with Crippen molar-refractivity contribution in [3.8, 4) is 6.07 Å². The lowest BCUT2D eigenvalue weighted by Crippen LogP contribution is -2.49. The number of fused-ring (bicyclic) bond motifs is 5. The Bertz CT molecular complexity index is 561. The van der Waals surface area contributed by atoms with Gasteiger partial charge in [0.2, 0.25) is 0 Å². The molecule has 1 heteroatoms. The lowest BCUT2D eigenvalue weighted by molar-refractivity contribution is -0.0711. The van der Waals surface area contributed by atoms with E-state index in [2.05, 4.69) is 19.9 Å². The van der Waals surface area contributed by atoms with Crippen molar-refractivity contribution in [3.05, 3.63) is 0 Å². The topological polar surface area (TPSA) is 23.8 Å². The summed E-state index contributed by atoms with van der Waals surface area (Å²) in [6.45, 7) is 4.73. The van der Waals surface area contributed by atoms with Gasteiger partial charge in [-0.05, 0) is 99.2 Å². The second-order valence-corrected chi connectivity index (χ2v) is 11.6. The minimum Gasteiger partial charge on any atom is -0.198 e. The largest absolute Gasteiger partial charge is 0.198 e. The van der Waals surface area contributed by atoms with E-state index in [-0.39, 0.29) is 5.41 Å². The predicted octanol–water partition coefficient (Wildman–Crippen LogP) is 8.54. The molecule has 6 unspecified atom stereocenters. The van der Waals surface area contributed by atoms with Gasteiger partial charge in [-0.3, -0.25) is 0 Å². The van der Waals surface area contributed by atoms with Crippen LogP contribution in [-0.2, 0) is 0 Å². The fourth-order valence-corrected chi connectivity index (χ4v) is 8.93. The van der Waals surface area contributed by atoms with Gasteiger partial charge in [0, 0.05) is 0 Å². The highest BCUT2D eigenvalue weighted by molar-refractivity contribution is 5.07. The van der Waals surface area contributed by atoms with E-state index >= 15 is 0 Å². The lowest BCUT2D eigenvalue weighted by atomic mass is 9.48. The van der Waals surface area contributed by atoms with E-state index in [0.29, 0.717) is 0 Å². The summed E-state index contributed by atoms with van der Waals surface area (Å²) in [4.78, 5) is 0. The van der Waals surface area contributed by atoms with Crippen LogP contribution in [0.25, 0.3) is 0 Å². The summed E-state index contributed by atoms with van der Waals surface area (Å²) in [5.41, 5.74) is 0.0373. The second-order valence-electron chi connectivity index (χ2n) is 11.6. The maximum absolute atomic E-state index is 10.1. The van der Waals surface area contributed by atoms with Crippen molar-refractivity contribution in [2.75, 3.05) is 0 Å². The normalized spacial score (nSPS) is 44.2. The second kappa shape index (κ2) is 9.75. The first-order chi connectivity index (χ1) is 14.2. The van der Waals surface area contributed by atoms with Crippen molar-refractivity contribution in [1.29, 1.82) is 5.26 Å². The van der Waals surface area contributed by atoms with Crippen molar-refractivity contribution in [2.45, 2.75) is 123 Å². The van der Waals surface area contributed by atoms with Crippen molar-refractivity contribution >= 4 is 0 Å². The van der Waals surface area contributed by atoms with Crippen LogP contribution in [0.1, 0.15) is 123 Å². The van der Waals surface area contributed by atoms with Crippen LogP contribution in [-0.4, -0.2) is 0 Å². The van der Waals surface area contributed by atoms with Crippen molar-refractivity contribution in [1.82, 2.24) is 0 Å². The molecule has 4 aliphatic rings. The first-order valence-corrected chi connectivity index (χ1v) is 13.6. The molecule has 0 spiro atoms. The molecule has 164 valence electrons. The van der Waals surface area contributed by atoms with Crippen LogP contribution in [0.5, 0.6) is 0 Å². The Balaban J connectivity index is 1.37. The molecule has 0 N–H and O–H groups in total. The van der Waals surface area contributed by atoms with Gasteiger partial charge >= 0.3 is 0 Å². The SMILES string of the molecule is CCCCCCC[C@@]1(C#N)CCC2C(CCC3C2CCC2C3CCC[C@H]2CC)C1. The van der Waals surface area contributed by atoms with E-state index in [1.165, 1.54) is 103 Å². The van der Waals surface area contributed by atoms with Gasteiger partial charge in [0.1, 0.15) is 0 Å². The average molecular weight is 398 g/mol. The molecule has 29 heavy (non-hydrogen) atoms. The van der Waals surface area contributed by atoms with Crippen LogP contribution in [0.15, 0.2) is 0 Å². The zero-order chi connectivity index (χ0) is 20.3. The minimum absolute atomic E-state index is 0.0373. The predicted molar refractivity (Wildman–Crippen MR) is 122 cm³/mol. The molecule has 0 heterocycles. The molecular formula is C28H47N. The van der Waals surface area contributed by atoms with Gasteiger partial charge in [0.05, 0.1) is 11.5 Å². The molecule has 0 bridgehead atoms. The molecule has 0 aliphatic heterocycles. The molecule has 0 saturated heterocycles. The van der Waals surface area contributed by atoms with Crippen LogP contribution in [0, 0.1) is 58.2 Å². The highest BCUT2D eigenvalue weighted by atomic mass is 14.6. The van der Waals surface area contributed by atoms with Crippen molar-refractivity contribution in [3.63, 3.8) is 0 Å². The molecular weight excluding hydrogens is 350 g/mol. The summed E-state index contributed by atoms with van der Waals surface area (Å²) in [7, 11) is 0. The average Bonchev–Trinajstić information content (AvgIpc) is 2.77. The van der Waals surface area contributed by atoms with Crippen LogP contribution in [0.2, 0.25) is 0 Å². The Labute approximate surface area is 181 Å². The van der Waals surface area contributed by atoms with Gasteiger partial charge in [-0.1, -0.05) is 65.2 Å². The lowest BCUT2D eigenvalue weighted by Gasteiger charge is -2.57. The van der Waals surface area contributed by atoms with Crippen LogP contribution in [0.3, 0.4) is 0 Å². The third kappa shape index (κ3) is 4.43. The van der Waals surface area contributed by atoms with E-state index in [1.54, 1.807) is 6.42 Å². The molecule has 4 aliphatic carbocycles. The summed E-state index contributed by atoms with van der Waals surface area (Å²) in [5.74, 6) is 7.09. The number of hydrogen-bond acceptors (Lipinski definition) is 1. The first kappa shape index (κ1) is 21.7. The summed E-state index contributed by atoms with van der Waals surface area (Å²) in [6.07, 6.45) is 23.7. The zero-order valence-electron chi connectivity index (χ0n) is 19.5. The monoisotopic (exact) mass is 397 g/mol. The third-order valence-corrected chi connectivity index (χ3v) is 10.4.